The summed E-state index contributed by atoms with van der Waals surface area (Å²) in [5.74, 6) is 0. The zero-order valence-corrected chi connectivity index (χ0v) is 25.4. The van der Waals surface area contributed by atoms with Crippen LogP contribution in [-0.2, 0) is 0 Å². The van der Waals surface area contributed by atoms with Crippen molar-refractivity contribution in [1.82, 2.24) is 0 Å². The molecule has 0 radical (unpaired) electrons. The normalized spacial score (nSPS) is 12.5. The van der Waals surface area contributed by atoms with Gasteiger partial charge in [0, 0.05) is 0 Å². The molecule has 4 heteroatoms. The molecule has 0 unspecified atom stereocenters. The van der Waals surface area contributed by atoms with Gasteiger partial charge in [0.1, 0.15) is 0 Å². The van der Waals surface area contributed by atoms with Crippen LogP contribution in [0.25, 0.3) is 0 Å². The Bertz CT molecular complexity index is 370. The standard InChI is InChI=1S/C31H70N3P/c1-2-3-4-5-6-7-8-9-10-11-12-13-14-15-16-17-18-19-20-21-28-35(29-22-25-32,30-23-26-33)31-24-27-34/h35H,2-34H2,1H3. The van der Waals surface area contributed by atoms with Gasteiger partial charge in [-0.15, -0.1) is 0 Å². The van der Waals surface area contributed by atoms with E-state index in [2.05, 4.69) is 6.92 Å². The summed E-state index contributed by atoms with van der Waals surface area (Å²) in [4.78, 5) is 0. The van der Waals surface area contributed by atoms with Crippen molar-refractivity contribution >= 4 is 7.26 Å². The fraction of sp³-hybridized carbons (Fsp3) is 1.00. The van der Waals surface area contributed by atoms with Crippen molar-refractivity contribution in [2.75, 3.05) is 44.3 Å². The quantitative estimate of drug-likeness (QED) is 0.0662. The minimum atomic E-state index is -1.21. The summed E-state index contributed by atoms with van der Waals surface area (Å²) >= 11 is 0. The van der Waals surface area contributed by atoms with Crippen molar-refractivity contribution in [3.8, 4) is 0 Å². The van der Waals surface area contributed by atoms with E-state index in [9.17, 15) is 0 Å². The molecule has 0 aromatic rings. The van der Waals surface area contributed by atoms with E-state index < -0.39 is 7.26 Å². The van der Waals surface area contributed by atoms with Gasteiger partial charge in [0.2, 0.25) is 0 Å². The molecule has 6 N–H and O–H groups in total. The number of hydrogen-bond acceptors (Lipinski definition) is 3. The van der Waals surface area contributed by atoms with Crippen LogP contribution in [0.15, 0.2) is 0 Å². The third kappa shape index (κ3) is 24.4. The summed E-state index contributed by atoms with van der Waals surface area (Å²) in [6.07, 6.45) is 38.4. The molecule has 0 aliphatic carbocycles. The zero-order chi connectivity index (χ0) is 25.7. The van der Waals surface area contributed by atoms with E-state index in [0.29, 0.717) is 0 Å². The molecule has 0 rings (SSSR count). The van der Waals surface area contributed by atoms with Crippen molar-refractivity contribution in [3.05, 3.63) is 0 Å². The molecule has 3 nitrogen and oxygen atoms in total. The van der Waals surface area contributed by atoms with Crippen LogP contribution >= 0.6 is 7.26 Å². The van der Waals surface area contributed by atoms with Crippen molar-refractivity contribution in [2.24, 2.45) is 17.2 Å². The fourth-order valence-electron chi connectivity index (χ4n) is 5.94. The maximum absolute atomic E-state index is 5.87. The first-order valence-corrected chi connectivity index (χ1v) is 19.2. The molecule has 0 aromatic carbocycles. The fourth-order valence-corrected chi connectivity index (χ4v) is 11.3. The van der Waals surface area contributed by atoms with Crippen LogP contribution in [0.4, 0.5) is 0 Å². The summed E-state index contributed by atoms with van der Waals surface area (Å²) in [5.41, 5.74) is 17.6. The molecule has 0 aliphatic rings. The average molecular weight is 516 g/mol. The van der Waals surface area contributed by atoms with E-state index in [4.69, 9.17) is 17.2 Å². The van der Waals surface area contributed by atoms with E-state index in [0.717, 1.165) is 19.6 Å². The van der Waals surface area contributed by atoms with E-state index in [1.807, 2.05) is 0 Å². The molecule has 0 aliphatic heterocycles. The van der Waals surface area contributed by atoms with Crippen molar-refractivity contribution < 1.29 is 0 Å². The second-order valence-corrected chi connectivity index (χ2v) is 16.6. The second kappa shape index (κ2) is 28.9. The first-order valence-electron chi connectivity index (χ1n) is 16.3. The van der Waals surface area contributed by atoms with Gasteiger partial charge in [-0.3, -0.25) is 0 Å². The topological polar surface area (TPSA) is 78.1 Å². The Morgan fingerprint density at radius 1 is 0.314 bits per heavy atom. The molecule has 0 atom stereocenters. The van der Waals surface area contributed by atoms with E-state index >= 15 is 0 Å². The Balaban J connectivity index is 3.57. The molecular weight excluding hydrogens is 445 g/mol. The molecule has 0 saturated carbocycles. The summed E-state index contributed by atoms with van der Waals surface area (Å²) in [7, 11) is -1.21. The van der Waals surface area contributed by atoms with Gasteiger partial charge in [-0.25, -0.2) is 0 Å². The molecule has 0 aromatic heterocycles. The van der Waals surface area contributed by atoms with Crippen LogP contribution in [0.5, 0.6) is 0 Å². The number of nitrogens with two attached hydrogens (primary N) is 3. The van der Waals surface area contributed by atoms with Gasteiger partial charge < -0.3 is 0 Å². The minimum absolute atomic E-state index is 0.846. The monoisotopic (exact) mass is 516 g/mol. The predicted molar refractivity (Wildman–Crippen MR) is 167 cm³/mol. The number of hydrogen-bond donors (Lipinski definition) is 3. The van der Waals surface area contributed by atoms with Crippen LogP contribution in [0.1, 0.15) is 155 Å². The zero-order valence-electron chi connectivity index (χ0n) is 24.4. The Morgan fingerprint density at radius 2 is 0.543 bits per heavy atom. The molecule has 0 spiro atoms. The van der Waals surface area contributed by atoms with E-state index in [1.54, 1.807) is 0 Å². The van der Waals surface area contributed by atoms with E-state index in [-0.39, 0.29) is 0 Å². The van der Waals surface area contributed by atoms with Crippen LogP contribution in [0, 0.1) is 0 Å². The Kier molecular flexibility index (Phi) is 29.1. The Labute approximate surface area is 223 Å². The summed E-state index contributed by atoms with van der Waals surface area (Å²) in [6.45, 7) is 4.84. The Morgan fingerprint density at radius 3 is 0.800 bits per heavy atom. The van der Waals surface area contributed by atoms with Gasteiger partial charge in [-0.2, -0.15) is 0 Å². The first-order chi connectivity index (χ1) is 17.2. The summed E-state index contributed by atoms with van der Waals surface area (Å²) in [6, 6.07) is 0. The van der Waals surface area contributed by atoms with Gasteiger partial charge in [0.05, 0.1) is 0 Å². The van der Waals surface area contributed by atoms with E-state index in [1.165, 1.54) is 172 Å². The van der Waals surface area contributed by atoms with Crippen LogP contribution < -0.4 is 17.2 Å². The van der Waals surface area contributed by atoms with Crippen molar-refractivity contribution in [2.45, 2.75) is 155 Å². The van der Waals surface area contributed by atoms with Gasteiger partial charge in [0.15, 0.2) is 0 Å². The maximum atomic E-state index is 5.87. The summed E-state index contributed by atoms with van der Waals surface area (Å²) in [5, 5.41) is 0. The van der Waals surface area contributed by atoms with Crippen LogP contribution in [-0.4, -0.2) is 44.3 Å². The molecule has 214 valence electrons. The third-order valence-electron chi connectivity index (χ3n) is 8.29. The summed E-state index contributed by atoms with van der Waals surface area (Å²) < 4.78 is 0. The second-order valence-electron chi connectivity index (χ2n) is 11.6. The van der Waals surface area contributed by atoms with Crippen molar-refractivity contribution in [3.63, 3.8) is 0 Å². The molecule has 0 fully saturated rings. The first kappa shape index (κ1) is 35.3. The number of rotatable bonds is 30. The molecule has 35 heavy (non-hydrogen) atoms. The molecule has 0 bridgehead atoms. The van der Waals surface area contributed by atoms with Crippen LogP contribution in [0.2, 0.25) is 0 Å². The van der Waals surface area contributed by atoms with Gasteiger partial charge in [0.25, 0.3) is 0 Å². The molecule has 0 amide bonds. The Hall–Kier alpha value is 0.310. The average Bonchev–Trinajstić information content (AvgIpc) is 2.88. The third-order valence-corrected chi connectivity index (χ3v) is 14.0. The van der Waals surface area contributed by atoms with Gasteiger partial charge >= 0.3 is 159 Å². The SMILES string of the molecule is CCCCCCCCCCCCCCCCCCCCCC[PH](CCCN)(CCCN)CCCN. The molecule has 0 heterocycles. The van der Waals surface area contributed by atoms with Crippen LogP contribution in [0.3, 0.4) is 0 Å². The van der Waals surface area contributed by atoms with Gasteiger partial charge in [-0.1, -0.05) is 64.7 Å². The van der Waals surface area contributed by atoms with Crippen molar-refractivity contribution in [1.29, 1.82) is 0 Å². The molecule has 0 saturated heterocycles. The number of unbranched alkanes of at least 4 members (excludes halogenated alkanes) is 19. The van der Waals surface area contributed by atoms with Gasteiger partial charge in [-0.05, 0) is 0 Å². The molecular formula is C31H70N3P. The predicted octanol–water partition coefficient (Wildman–Crippen LogP) is 8.60.